The van der Waals surface area contributed by atoms with Gasteiger partial charge in [-0.1, -0.05) is 13.8 Å². The summed E-state index contributed by atoms with van der Waals surface area (Å²) in [4.78, 5) is 16.2. The van der Waals surface area contributed by atoms with Crippen LogP contribution in [0.1, 0.15) is 44.6 Å². The molecular formula is C15H24N2O3. The van der Waals surface area contributed by atoms with Crippen LogP contribution in [0.15, 0.2) is 18.3 Å². The fraction of sp³-hybridized carbons (Fsp3) is 0.600. The number of aliphatic hydroxyl groups is 1. The lowest BCUT2D eigenvalue weighted by atomic mass is 9.87. The third kappa shape index (κ3) is 5.17. The first-order chi connectivity index (χ1) is 9.35. The summed E-state index contributed by atoms with van der Waals surface area (Å²) >= 11 is 0. The Kier molecular flexibility index (Phi) is 5.95. The molecule has 0 saturated heterocycles. The van der Waals surface area contributed by atoms with Gasteiger partial charge < -0.3 is 15.2 Å². The molecule has 0 fully saturated rings. The van der Waals surface area contributed by atoms with Gasteiger partial charge in [-0.2, -0.15) is 0 Å². The molecule has 5 heteroatoms. The summed E-state index contributed by atoms with van der Waals surface area (Å²) in [6.07, 6.45) is 1.79. The minimum Gasteiger partial charge on any atom is -0.491 e. The van der Waals surface area contributed by atoms with E-state index in [1.54, 1.807) is 25.3 Å². The minimum absolute atomic E-state index is 0.176. The van der Waals surface area contributed by atoms with Crippen LogP contribution < -0.4 is 10.1 Å². The fourth-order valence-electron chi connectivity index (χ4n) is 2.11. The Labute approximate surface area is 120 Å². The molecule has 1 unspecified atom stereocenters. The summed E-state index contributed by atoms with van der Waals surface area (Å²) in [5.74, 6) is 0.230. The maximum absolute atomic E-state index is 12.2. The number of nitrogens with zero attached hydrogens (tertiary/aromatic N) is 1. The van der Waals surface area contributed by atoms with Crippen molar-refractivity contribution in [3.05, 3.63) is 24.0 Å². The maximum Gasteiger partial charge on any atom is 0.273 e. The van der Waals surface area contributed by atoms with Crippen LogP contribution in [0.3, 0.4) is 0 Å². The van der Waals surface area contributed by atoms with E-state index in [0.717, 1.165) is 0 Å². The molecule has 0 aliphatic carbocycles. The van der Waals surface area contributed by atoms with Gasteiger partial charge >= 0.3 is 0 Å². The van der Waals surface area contributed by atoms with E-state index in [0.29, 0.717) is 31.0 Å². The van der Waals surface area contributed by atoms with Gasteiger partial charge in [-0.3, -0.25) is 4.79 Å². The zero-order valence-corrected chi connectivity index (χ0v) is 12.6. The molecule has 0 aromatic carbocycles. The van der Waals surface area contributed by atoms with E-state index in [-0.39, 0.29) is 11.3 Å². The Morgan fingerprint density at radius 3 is 2.85 bits per heavy atom. The molecule has 1 rings (SSSR count). The van der Waals surface area contributed by atoms with E-state index in [9.17, 15) is 9.90 Å². The van der Waals surface area contributed by atoms with Gasteiger partial charge in [0.2, 0.25) is 0 Å². The van der Waals surface area contributed by atoms with Gasteiger partial charge in [0, 0.05) is 12.7 Å². The fourth-order valence-corrected chi connectivity index (χ4v) is 2.11. The average molecular weight is 280 g/mol. The molecule has 1 amide bonds. The van der Waals surface area contributed by atoms with Crippen LogP contribution in [-0.4, -0.2) is 35.3 Å². The van der Waals surface area contributed by atoms with Gasteiger partial charge in [-0.15, -0.1) is 0 Å². The first-order valence-electron chi connectivity index (χ1n) is 6.90. The van der Waals surface area contributed by atoms with Gasteiger partial charge in [0.05, 0.1) is 12.7 Å². The molecule has 20 heavy (non-hydrogen) atoms. The van der Waals surface area contributed by atoms with Crippen molar-refractivity contribution in [3.63, 3.8) is 0 Å². The molecule has 0 aliphatic rings. The summed E-state index contributed by atoms with van der Waals surface area (Å²) < 4.78 is 5.39. The van der Waals surface area contributed by atoms with Crippen LogP contribution in [0.25, 0.3) is 0 Å². The smallest absolute Gasteiger partial charge is 0.273 e. The van der Waals surface area contributed by atoms with Crippen LogP contribution in [0.2, 0.25) is 0 Å². The molecule has 0 bridgehead atoms. The highest BCUT2D eigenvalue weighted by atomic mass is 16.5. The normalized spacial score (nSPS) is 12.8. The number of hydrogen-bond acceptors (Lipinski definition) is 4. The maximum atomic E-state index is 12.2. The standard InChI is InChI=1S/C15H24N2O3/c1-5-20-12-7-6-8-16-13(12)14(19)17-10-15(3,4)9-11(2)18/h6-8,11,18H,5,9-10H2,1-4H3,(H,17,19). The summed E-state index contributed by atoms with van der Waals surface area (Å²) in [7, 11) is 0. The highest BCUT2D eigenvalue weighted by Gasteiger charge is 2.22. The number of carbonyl (C=O) groups excluding carboxylic acids is 1. The first kappa shape index (κ1) is 16.4. The summed E-state index contributed by atoms with van der Waals surface area (Å²) in [5.41, 5.74) is 0.117. The molecule has 0 saturated carbocycles. The molecule has 1 heterocycles. The number of aliphatic hydroxyl groups excluding tert-OH is 1. The largest absolute Gasteiger partial charge is 0.491 e. The van der Waals surface area contributed by atoms with Gasteiger partial charge in [0.15, 0.2) is 11.4 Å². The second-order valence-corrected chi connectivity index (χ2v) is 5.68. The highest BCUT2D eigenvalue weighted by Crippen LogP contribution is 2.22. The molecule has 5 nitrogen and oxygen atoms in total. The van der Waals surface area contributed by atoms with Crippen LogP contribution in [-0.2, 0) is 0 Å². The lowest BCUT2D eigenvalue weighted by Gasteiger charge is -2.26. The van der Waals surface area contributed by atoms with Crippen molar-refractivity contribution in [2.75, 3.05) is 13.2 Å². The zero-order valence-electron chi connectivity index (χ0n) is 12.6. The summed E-state index contributed by atoms with van der Waals surface area (Å²) in [5, 5.41) is 12.3. The van der Waals surface area contributed by atoms with Crippen molar-refractivity contribution in [1.82, 2.24) is 10.3 Å². The van der Waals surface area contributed by atoms with Gasteiger partial charge in [-0.25, -0.2) is 4.98 Å². The van der Waals surface area contributed by atoms with E-state index < -0.39 is 6.10 Å². The Bertz CT molecular complexity index is 444. The lowest BCUT2D eigenvalue weighted by molar-refractivity contribution is 0.0893. The number of nitrogens with one attached hydrogen (secondary N) is 1. The van der Waals surface area contributed by atoms with Crippen LogP contribution in [0.4, 0.5) is 0 Å². The number of pyridine rings is 1. The Morgan fingerprint density at radius 2 is 2.25 bits per heavy atom. The third-order valence-corrected chi connectivity index (χ3v) is 2.86. The minimum atomic E-state index is -0.393. The van der Waals surface area contributed by atoms with E-state index in [4.69, 9.17) is 4.74 Å². The van der Waals surface area contributed by atoms with Crippen LogP contribution in [0.5, 0.6) is 5.75 Å². The molecule has 0 radical (unpaired) electrons. The Morgan fingerprint density at radius 1 is 1.55 bits per heavy atom. The number of carbonyl (C=O) groups is 1. The van der Waals surface area contributed by atoms with Gasteiger partial charge in [0.1, 0.15) is 0 Å². The van der Waals surface area contributed by atoms with Gasteiger partial charge in [0.25, 0.3) is 5.91 Å². The highest BCUT2D eigenvalue weighted by molar-refractivity contribution is 5.94. The van der Waals surface area contributed by atoms with E-state index in [1.807, 2.05) is 20.8 Å². The predicted octanol–water partition coefficient (Wildman–Crippen LogP) is 2.01. The molecule has 1 aromatic heterocycles. The van der Waals surface area contributed by atoms with E-state index in [2.05, 4.69) is 10.3 Å². The number of rotatable bonds is 7. The van der Waals surface area contributed by atoms with Crippen LogP contribution in [0, 0.1) is 5.41 Å². The SMILES string of the molecule is CCOc1cccnc1C(=O)NCC(C)(C)CC(C)O. The first-order valence-corrected chi connectivity index (χ1v) is 6.90. The molecule has 0 spiro atoms. The van der Waals surface area contributed by atoms with E-state index >= 15 is 0 Å². The average Bonchev–Trinajstić information content (AvgIpc) is 2.36. The van der Waals surface area contributed by atoms with Crippen molar-refractivity contribution in [1.29, 1.82) is 0 Å². The van der Waals surface area contributed by atoms with Crippen LogP contribution >= 0.6 is 0 Å². The molecule has 2 N–H and O–H groups in total. The quantitative estimate of drug-likeness (QED) is 0.801. The summed E-state index contributed by atoms with van der Waals surface area (Å²) in [6, 6.07) is 3.46. The summed E-state index contributed by atoms with van der Waals surface area (Å²) in [6.45, 7) is 8.57. The van der Waals surface area contributed by atoms with Crippen molar-refractivity contribution in [2.24, 2.45) is 5.41 Å². The number of aromatic nitrogens is 1. The molecule has 1 aromatic rings. The Balaban J connectivity index is 2.68. The zero-order chi connectivity index (χ0) is 15.2. The van der Waals surface area contributed by atoms with Crippen molar-refractivity contribution >= 4 is 5.91 Å². The number of ether oxygens (including phenoxy) is 1. The lowest BCUT2D eigenvalue weighted by Crippen LogP contribution is -2.36. The second-order valence-electron chi connectivity index (χ2n) is 5.68. The molecule has 1 atom stereocenters. The van der Waals surface area contributed by atoms with E-state index in [1.165, 1.54) is 0 Å². The second kappa shape index (κ2) is 7.24. The molecule has 0 aliphatic heterocycles. The Hall–Kier alpha value is -1.62. The predicted molar refractivity (Wildman–Crippen MR) is 77.8 cm³/mol. The monoisotopic (exact) mass is 280 g/mol. The number of amides is 1. The topological polar surface area (TPSA) is 71.5 Å². The number of hydrogen-bond donors (Lipinski definition) is 2. The van der Waals surface area contributed by atoms with Crippen molar-refractivity contribution in [2.45, 2.75) is 40.2 Å². The van der Waals surface area contributed by atoms with Crippen molar-refractivity contribution in [3.8, 4) is 5.75 Å². The van der Waals surface area contributed by atoms with Gasteiger partial charge in [-0.05, 0) is 37.8 Å². The van der Waals surface area contributed by atoms with Crippen molar-refractivity contribution < 1.29 is 14.6 Å². The molecule has 112 valence electrons. The molecular weight excluding hydrogens is 256 g/mol. The third-order valence-electron chi connectivity index (χ3n) is 2.86.